The van der Waals surface area contributed by atoms with Gasteiger partial charge in [0.1, 0.15) is 11.2 Å². The second-order valence-corrected chi connectivity index (χ2v) is 13.4. The monoisotopic (exact) mass is 530 g/mol. The predicted molar refractivity (Wildman–Crippen MR) is 169 cm³/mol. The minimum atomic E-state index is 0.678. The molecule has 0 N–H and O–H groups in total. The maximum absolute atomic E-state index is 6.66. The first kappa shape index (κ1) is 22.8. The number of fused-ring (bicyclic) bond motifs is 11. The van der Waals surface area contributed by atoms with Gasteiger partial charge < -0.3 is 4.42 Å². The van der Waals surface area contributed by atoms with Gasteiger partial charge in [-0.05, 0) is 106 Å². The van der Waals surface area contributed by atoms with Crippen LogP contribution >= 0.6 is 0 Å². The summed E-state index contributed by atoms with van der Waals surface area (Å²) in [6.07, 6.45) is 8.15. The first-order valence-corrected chi connectivity index (χ1v) is 15.9. The molecule has 0 amide bonds. The zero-order valence-electron chi connectivity index (χ0n) is 23.4. The van der Waals surface area contributed by atoms with Crippen LogP contribution in [-0.4, -0.2) is 0 Å². The van der Waals surface area contributed by atoms with Crippen LogP contribution in [0.25, 0.3) is 43.8 Å². The van der Waals surface area contributed by atoms with Crippen molar-refractivity contribution in [2.75, 3.05) is 0 Å². The predicted octanol–water partition coefficient (Wildman–Crippen LogP) is 11.1. The Balaban J connectivity index is 1.17. The van der Waals surface area contributed by atoms with Crippen molar-refractivity contribution in [1.29, 1.82) is 0 Å². The van der Waals surface area contributed by atoms with Crippen LogP contribution in [0.3, 0.4) is 0 Å². The molecule has 10 rings (SSSR count). The standard InChI is InChI=1S/C40H34O/c1-2-9-25-23(8-1)19-21-36-37(25)34-17-5-12-26(40(34)41-36)24-18-20-29-32-15-6-13-30-27-10-3-4-11-28(27)31-14-7-16-33(35(29)22-24)39(31)38(30)32/h1-5,8-12,17-22,30-33,38-39H,6-7,13-16H2. The summed E-state index contributed by atoms with van der Waals surface area (Å²) in [5.41, 5.74) is 11.3. The maximum atomic E-state index is 6.66. The summed E-state index contributed by atoms with van der Waals surface area (Å²) in [5.74, 6) is 4.48. The molecule has 6 aromatic rings. The molecule has 4 aliphatic rings. The first-order chi connectivity index (χ1) is 20.3. The van der Waals surface area contributed by atoms with Crippen LogP contribution in [0.1, 0.15) is 84.5 Å². The Labute approximate surface area is 241 Å². The van der Waals surface area contributed by atoms with Gasteiger partial charge in [-0.15, -0.1) is 0 Å². The molecular formula is C40H34O. The Bertz CT molecular complexity index is 2010. The van der Waals surface area contributed by atoms with E-state index in [9.17, 15) is 0 Å². The van der Waals surface area contributed by atoms with Gasteiger partial charge in [0.2, 0.25) is 0 Å². The van der Waals surface area contributed by atoms with Gasteiger partial charge in [-0.2, -0.15) is 0 Å². The molecule has 6 atom stereocenters. The van der Waals surface area contributed by atoms with Gasteiger partial charge >= 0.3 is 0 Å². The third kappa shape index (κ3) is 3.02. The summed E-state index contributed by atoms with van der Waals surface area (Å²) in [7, 11) is 0. The Morgan fingerprint density at radius 3 is 1.90 bits per heavy atom. The molecule has 4 aliphatic carbocycles. The van der Waals surface area contributed by atoms with E-state index in [4.69, 9.17) is 4.42 Å². The number of benzene rings is 5. The van der Waals surface area contributed by atoms with Crippen molar-refractivity contribution in [3.63, 3.8) is 0 Å². The lowest BCUT2D eigenvalue weighted by molar-refractivity contribution is 0.0742. The summed E-state index contributed by atoms with van der Waals surface area (Å²) in [6.45, 7) is 0. The van der Waals surface area contributed by atoms with Crippen LogP contribution in [0.5, 0.6) is 0 Å². The van der Waals surface area contributed by atoms with Crippen LogP contribution in [0, 0.1) is 11.8 Å². The van der Waals surface area contributed by atoms with Crippen molar-refractivity contribution >= 4 is 32.7 Å². The molecule has 0 spiro atoms. The van der Waals surface area contributed by atoms with Crippen LogP contribution in [0.4, 0.5) is 0 Å². The quantitative estimate of drug-likeness (QED) is 0.206. The van der Waals surface area contributed by atoms with E-state index < -0.39 is 0 Å². The number of furan rings is 1. The van der Waals surface area contributed by atoms with Gasteiger partial charge in [0.15, 0.2) is 0 Å². The van der Waals surface area contributed by atoms with Crippen LogP contribution in [-0.2, 0) is 0 Å². The fraction of sp³-hybridized carbons (Fsp3) is 0.300. The van der Waals surface area contributed by atoms with E-state index in [0.29, 0.717) is 11.8 Å². The largest absolute Gasteiger partial charge is 0.455 e. The molecule has 1 heteroatoms. The average Bonchev–Trinajstić information content (AvgIpc) is 3.44. The van der Waals surface area contributed by atoms with Crippen LogP contribution < -0.4 is 0 Å². The second kappa shape index (κ2) is 8.35. The fourth-order valence-electron chi connectivity index (χ4n) is 10.4. The lowest BCUT2D eigenvalue weighted by atomic mass is 9.46. The fourth-order valence-corrected chi connectivity index (χ4v) is 10.4. The molecule has 0 radical (unpaired) electrons. The van der Waals surface area contributed by atoms with Crippen molar-refractivity contribution in [1.82, 2.24) is 0 Å². The summed E-state index contributed by atoms with van der Waals surface area (Å²) in [4.78, 5) is 0. The van der Waals surface area contributed by atoms with E-state index in [2.05, 4.69) is 97.1 Å². The highest BCUT2D eigenvalue weighted by molar-refractivity contribution is 6.20. The summed E-state index contributed by atoms with van der Waals surface area (Å²) in [5, 5.41) is 5.01. The molecule has 41 heavy (non-hydrogen) atoms. The molecule has 1 heterocycles. The van der Waals surface area contributed by atoms with Crippen LogP contribution in [0.15, 0.2) is 101 Å². The van der Waals surface area contributed by atoms with Gasteiger partial charge in [0, 0.05) is 16.3 Å². The lowest BCUT2D eigenvalue weighted by Crippen LogP contribution is -2.46. The molecule has 1 aromatic heterocycles. The molecule has 0 saturated heterocycles. The molecular weight excluding hydrogens is 496 g/mol. The number of rotatable bonds is 1. The zero-order valence-corrected chi connectivity index (χ0v) is 23.4. The highest BCUT2D eigenvalue weighted by atomic mass is 16.3. The van der Waals surface area contributed by atoms with Gasteiger partial charge in [0.05, 0.1) is 0 Å². The third-order valence-corrected chi connectivity index (χ3v) is 11.7. The zero-order chi connectivity index (χ0) is 26.7. The summed E-state index contributed by atoms with van der Waals surface area (Å²) in [6, 6.07) is 36.9. The van der Waals surface area contributed by atoms with Crippen LogP contribution in [0.2, 0.25) is 0 Å². The highest BCUT2D eigenvalue weighted by Gasteiger charge is 2.54. The van der Waals surface area contributed by atoms with Gasteiger partial charge in [-0.25, -0.2) is 0 Å². The van der Waals surface area contributed by atoms with Crippen molar-refractivity contribution < 1.29 is 4.42 Å². The number of hydrogen-bond acceptors (Lipinski definition) is 1. The van der Waals surface area contributed by atoms with Crippen molar-refractivity contribution in [2.24, 2.45) is 11.8 Å². The normalized spacial score (nSPS) is 27.9. The molecule has 5 aromatic carbocycles. The topological polar surface area (TPSA) is 13.1 Å². The minimum absolute atomic E-state index is 0.678. The Kier molecular flexibility index (Phi) is 4.65. The minimum Gasteiger partial charge on any atom is -0.455 e. The number of para-hydroxylation sites is 1. The molecule has 6 unspecified atom stereocenters. The summed E-state index contributed by atoms with van der Waals surface area (Å²) >= 11 is 0. The molecule has 2 saturated carbocycles. The van der Waals surface area contributed by atoms with E-state index in [0.717, 1.165) is 34.8 Å². The maximum Gasteiger partial charge on any atom is 0.143 e. The average molecular weight is 531 g/mol. The Hall–Kier alpha value is -3.84. The summed E-state index contributed by atoms with van der Waals surface area (Å²) < 4.78 is 6.66. The number of hydrogen-bond donors (Lipinski definition) is 0. The molecule has 0 bridgehead atoms. The van der Waals surface area contributed by atoms with E-state index in [-0.39, 0.29) is 0 Å². The smallest absolute Gasteiger partial charge is 0.143 e. The molecule has 200 valence electrons. The van der Waals surface area contributed by atoms with Crippen molar-refractivity contribution in [3.05, 3.63) is 119 Å². The van der Waals surface area contributed by atoms with Gasteiger partial charge in [-0.3, -0.25) is 0 Å². The van der Waals surface area contributed by atoms with Gasteiger partial charge in [0.25, 0.3) is 0 Å². The second-order valence-electron chi connectivity index (χ2n) is 13.4. The van der Waals surface area contributed by atoms with E-state index in [1.807, 2.05) is 0 Å². The van der Waals surface area contributed by atoms with E-state index in [1.165, 1.54) is 71.2 Å². The first-order valence-electron chi connectivity index (χ1n) is 15.9. The molecule has 1 nitrogen and oxygen atoms in total. The Morgan fingerprint density at radius 2 is 1.15 bits per heavy atom. The van der Waals surface area contributed by atoms with Crippen molar-refractivity contribution in [3.8, 4) is 11.1 Å². The SMILES string of the molecule is c1ccc2c(c1)C1CCCC3c4ccc(-c5cccc6c5oc5ccc7ccccc7c56)cc4C4CCCC2C4C13. The molecule has 0 aliphatic heterocycles. The van der Waals surface area contributed by atoms with E-state index >= 15 is 0 Å². The van der Waals surface area contributed by atoms with E-state index in [1.54, 1.807) is 22.3 Å². The third-order valence-electron chi connectivity index (χ3n) is 11.7. The van der Waals surface area contributed by atoms with Crippen molar-refractivity contribution in [2.45, 2.75) is 62.2 Å². The van der Waals surface area contributed by atoms with Gasteiger partial charge in [-0.1, -0.05) is 104 Å². The lowest BCUT2D eigenvalue weighted by Gasteiger charge is -2.58. The molecule has 2 fully saturated rings. The Morgan fingerprint density at radius 1 is 0.512 bits per heavy atom. The highest BCUT2D eigenvalue weighted by Crippen LogP contribution is 2.67.